The zero-order valence-corrected chi connectivity index (χ0v) is 22.0. The van der Waals surface area contributed by atoms with Crippen molar-refractivity contribution in [2.75, 3.05) is 0 Å². The summed E-state index contributed by atoms with van der Waals surface area (Å²) in [6.07, 6.45) is 0. The standard InChI is InChI=1S/C34H28N2O3/c1-20-14-16-25(17-15-20)34-29(23-10-6-4-7-11-23)27-30(35-31(36-32(27)37)24-12-8-5-9-13-24)33(34,38)28-22(3)18-21(2)19-26(28)39-34/h4-19,29,38H,1-3H3,(H,35,36,37)/t29-,33+,34+/m1/s1. The molecule has 0 spiro atoms. The summed E-state index contributed by atoms with van der Waals surface area (Å²) in [7, 11) is 0. The van der Waals surface area contributed by atoms with Gasteiger partial charge in [0.2, 0.25) is 0 Å². The molecule has 2 N–H and O–H groups in total. The van der Waals surface area contributed by atoms with E-state index in [2.05, 4.69) is 4.98 Å². The van der Waals surface area contributed by atoms with Crippen molar-refractivity contribution in [2.45, 2.75) is 37.9 Å². The second-order valence-corrected chi connectivity index (χ2v) is 10.8. The Hall–Kier alpha value is -4.48. The van der Waals surface area contributed by atoms with Gasteiger partial charge in [-0.2, -0.15) is 0 Å². The maximum absolute atomic E-state index is 14.1. The van der Waals surface area contributed by atoms with E-state index >= 15 is 0 Å². The number of nitrogens with one attached hydrogen (secondary N) is 1. The molecule has 2 aliphatic rings. The van der Waals surface area contributed by atoms with Gasteiger partial charge in [-0.05, 0) is 43.5 Å². The highest BCUT2D eigenvalue weighted by Gasteiger charge is 2.73. The first-order valence-electron chi connectivity index (χ1n) is 13.2. The van der Waals surface area contributed by atoms with Crippen LogP contribution in [0, 0.1) is 20.8 Å². The Bertz CT molecular complexity index is 1800. The molecule has 0 amide bonds. The molecular weight excluding hydrogens is 484 g/mol. The van der Waals surface area contributed by atoms with Crippen LogP contribution in [0.5, 0.6) is 5.75 Å². The van der Waals surface area contributed by atoms with Crippen molar-refractivity contribution >= 4 is 0 Å². The summed E-state index contributed by atoms with van der Waals surface area (Å²) in [5.74, 6) is 0.414. The molecule has 2 heterocycles. The summed E-state index contributed by atoms with van der Waals surface area (Å²) in [6, 6.07) is 31.4. The highest BCUT2D eigenvalue weighted by atomic mass is 16.5. The van der Waals surface area contributed by atoms with Crippen LogP contribution in [-0.2, 0) is 11.2 Å². The van der Waals surface area contributed by atoms with Gasteiger partial charge in [-0.15, -0.1) is 0 Å². The molecular formula is C34H28N2O3. The number of hydrogen-bond donors (Lipinski definition) is 2. The quantitative estimate of drug-likeness (QED) is 0.309. The Morgan fingerprint density at radius 3 is 2.21 bits per heavy atom. The number of aromatic amines is 1. The van der Waals surface area contributed by atoms with Crippen LogP contribution < -0.4 is 10.3 Å². The summed E-state index contributed by atoms with van der Waals surface area (Å²) in [5.41, 5.74) is 3.53. The molecule has 1 aliphatic heterocycles. The second kappa shape index (κ2) is 8.26. The van der Waals surface area contributed by atoms with E-state index < -0.39 is 17.1 Å². The van der Waals surface area contributed by atoms with Crippen LogP contribution in [0.4, 0.5) is 0 Å². The Morgan fingerprint density at radius 2 is 1.51 bits per heavy atom. The molecule has 5 aromatic rings. The molecule has 4 aromatic carbocycles. The molecule has 0 fully saturated rings. The van der Waals surface area contributed by atoms with Crippen LogP contribution in [0.3, 0.4) is 0 Å². The molecule has 39 heavy (non-hydrogen) atoms. The number of aryl methyl sites for hydroxylation is 3. The summed E-state index contributed by atoms with van der Waals surface area (Å²) < 4.78 is 7.02. The molecule has 1 aromatic heterocycles. The minimum Gasteiger partial charge on any atom is -0.477 e. The van der Waals surface area contributed by atoms with Crippen LogP contribution in [-0.4, -0.2) is 15.1 Å². The van der Waals surface area contributed by atoms with E-state index in [-0.39, 0.29) is 5.56 Å². The number of hydrogen-bond acceptors (Lipinski definition) is 4. The van der Waals surface area contributed by atoms with Gasteiger partial charge in [-0.1, -0.05) is 96.6 Å². The molecule has 5 heteroatoms. The summed E-state index contributed by atoms with van der Waals surface area (Å²) >= 11 is 0. The van der Waals surface area contributed by atoms with E-state index in [0.29, 0.717) is 28.4 Å². The Morgan fingerprint density at radius 1 is 0.846 bits per heavy atom. The number of aliphatic hydroxyl groups is 1. The summed E-state index contributed by atoms with van der Waals surface area (Å²) in [5, 5.41) is 13.3. The lowest BCUT2D eigenvalue weighted by Gasteiger charge is -2.40. The van der Waals surface area contributed by atoms with E-state index in [1.807, 2.05) is 118 Å². The molecule has 1 aliphatic carbocycles. The maximum atomic E-state index is 14.1. The van der Waals surface area contributed by atoms with Gasteiger partial charge in [0.25, 0.3) is 5.56 Å². The lowest BCUT2D eigenvalue weighted by atomic mass is 9.69. The van der Waals surface area contributed by atoms with Crippen molar-refractivity contribution in [3.8, 4) is 17.1 Å². The van der Waals surface area contributed by atoms with Crippen LogP contribution in [0.25, 0.3) is 11.4 Å². The third-order valence-corrected chi connectivity index (χ3v) is 8.27. The monoisotopic (exact) mass is 512 g/mol. The predicted octanol–water partition coefficient (Wildman–Crippen LogP) is 6.03. The number of rotatable bonds is 3. The number of H-pyrrole nitrogens is 1. The normalized spacial score (nSPS) is 22.6. The van der Waals surface area contributed by atoms with Gasteiger partial charge >= 0.3 is 0 Å². The SMILES string of the molecule is Cc1ccc([C@@]23Oc4cc(C)cc(C)c4[C@]2(O)c2nc(-c4ccccc4)[nH]c(=O)c2[C@H]3c2ccccc2)cc1. The van der Waals surface area contributed by atoms with Gasteiger partial charge < -0.3 is 14.8 Å². The number of nitrogens with zero attached hydrogens (tertiary/aromatic N) is 1. The summed E-state index contributed by atoms with van der Waals surface area (Å²) in [4.78, 5) is 22.1. The first-order valence-corrected chi connectivity index (χ1v) is 13.2. The maximum Gasteiger partial charge on any atom is 0.255 e. The third-order valence-electron chi connectivity index (χ3n) is 8.27. The fourth-order valence-corrected chi connectivity index (χ4v) is 6.71. The molecule has 5 nitrogen and oxygen atoms in total. The minimum atomic E-state index is -1.72. The fourth-order valence-electron chi connectivity index (χ4n) is 6.71. The average Bonchev–Trinajstić information content (AvgIpc) is 3.32. The highest BCUT2D eigenvalue weighted by Crippen LogP contribution is 2.68. The molecule has 0 bridgehead atoms. The number of benzene rings is 4. The van der Waals surface area contributed by atoms with Gasteiger partial charge in [-0.25, -0.2) is 4.98 Å². The zero-order chi connectivity index (χ0) is 26.9. The predicted molar refractivity (Wildman–Crippen MR) is 151 cm³/mol. The van der Waals surface area contributed by atoms with Gasteiger partial charge in [0.15, 0.2) is 11.2 Å². The first kappa shape index (κ1) is 23.6. The average molecular weight is 513 g/mol. The van der Waals surface area contributed by atoms with Crippen molar-refractivity contribution in [2.24, 2.45) is 0 Å². The van der Waals surface area contributed by atoms with E-state index in [1.165, 1.54) is 0 Å². The molecule has 0 radical (unpaired) electrons. The molecule has 7 rings (SSSR count). The van der Waals surface area contributed by atoms with Crippen LogP contribution in [0.2, 0.25) is 0 Å². The number of fused-ring (bicyclic) bond motifs is 5. The lowest BCUT2D eigenvalue weighted by molar-refractivity contribution is -0.0905. The van der Waals surface area contributed by atoms with Crippen molar-refractivity contribution < 1.29 is 9.84 Å². The molecule has 192 valence electrons. The smallest absolute Gasteiger partial charge is 0.255 e. The minimum absolute atomic E-state index is 0.281. The zero-order valence-electron chi connectivity index (χ0n) is 22.0. The molecule has 3 atom stereocenters. The van der Waals surface area contributed by atoms with E-state index in [0.717, 1.165) is 33.4 Å². The fraction of sp³-hybridized carbons (Fsp3) is 0.176. The van der Waals surface area contributed by atoms with Crippen molar-refractivity contribution in [1.82, 2.24) is 9.97 Å². The Labute approximate surface area is 226 Å². The highest BCUT2D eigenvalue weighted by molar-refractivity contribution is 5.67. The Kier molecular flexibility index (Phi) is 5.00. The second-order valence-electron chi connectivity index (χ2n) is 10.8. The van der Waals surface area contributed by atoms with Crippen molar-refractivity contribution in [3.63, 3.8) is 0 Å². The van der Waals surface area contributed by atoms with E-state index in [1.54, 1.807) is 0 Å². The first-order chi connectivity index (χ1) is 18.8. The van der Waals surface area contributed by atoms with Gasteiger partial charge in [0.1, 0.15) is 11.6 Å². The number of aromatic nitrogens is 2. The van der Waals surface area contributed by atoms with Crippen LogP contribution in [0.15, 0.2) is 102 Å². The molecule has 0 saturated carbocycles. The lowest BCUT2D eigenvalue weighted by Crippen LogP contribution is -2.49. The van der Waals surface area contributed by atoms with Gasteiger partial charge in [0, 0.05) is 16.7 Å². The Balaban J connectivity index is 1.65. The van der Waals surface area contributed by atoms with Crippen LogP contribution >= 0.6 is 0 Å². The van der Waals surface area contributed by atoms with Crippen LogP contribution in [0.1, 0.15) is 50.6 Å². The van der Waals surface area contributed by atoms with Crippen molar-refractivity contribution in [3.05, 3.63) is 152 Å². The van der Waals surface area contributed by atoms with E-state index in [9.17, 15) is 9.90 Å². The third kappa shape index (κ3) is 3.11. The van der Waals surface area contributed by atoms with Gasteiger partial charge in [0.05, 0.1) is 17.2 Å². The topological polar surface area (TPSA) is 75.2 Å². The number of ether oxygens (including phenoxy) is 1. The largest absolute Gasteiger partial charge is 0.477 e. The summed E-state index contributed by atoms with van der Waals surface area (Å²) in [6.45, 7) is 6.04. The van der Waals surface area contributed by atoms with E-state index in [4.69, 9.17) is 9.72 Å². The molecule has 0 saturated heterocycles. The van der Waals surface area contributed by atoms with Crippen molar-refractivity contribution in [1.29, 1.82) is 0 Å². The molecule has 0 unspecified atom stereocenters. The van der Waals surface area contributed by atoms with Gasteiger partial charge in [-0.3, -0.25) is 4.79 Å².